The number of halogens is 1. The minimum atomic E-state index is -0.978. The fourth-order valence-electron chi connectivity index (χ4n) is 3.28. The molecule has 0 fully saturated rings. The van der Waals surface area contributed by atoms with Crippen LogP contribution in [0.3, 0.4) is 0 Å². The average Bonchev–Trinajstić information content (AvgIpc) is 2.71. The Kier molecular flexibility index (Phi) is 5.24. The third kappa shape index (κ3) is 3.90. The molecule has 1 aliphatic heterocycles. The minimum Gasteiger partial charge on any atom is -0.326 e. The summed E-state index contributed by atoms with van der Waals surface area (Å²) in [6.45, 7) is 1.77. The Morgan fingerprint density at radius 2 is 1.90 bits per heavy atom. The normalized spacial score (nSPS) is 15.1. The van der Waals surface area contributed by atoms with Crippen LogP contribution >= 0.6 is 11.6 Å². The molecule has 0 radical (unpaired) electrons. The van der Waals surface area contributed by atoms with E-state index in [-0.39, 0.29) is 23.8 Å². The number of hydrogen-bond donors (Lipinski definition) is 4. The molecule has 0 bridgehead atoms. The highest BCUT2D eigenvalue weighted by Crippen LogP contribution is 2.31. The van der Waals surface area contributed by atoms with Crippen molar-refractivity contribution in [3.63, 3.8) is 0 Å². The second kappa shape index (κ2) is 8.00. The lowest BCUT2D eigenvalue weighted by molar-refractivity contribution is -0.123. The summed E-state index contributed by atoms with van der Waals surface area (Å²) < 4.78 is 0. The van der Waals surface area contributed by atoms with Gasteiger partial charge in [0.05, 0.1) is 11.5 Å². The first kappa shape index (κ1) is 19.7. The molecule has 0 spiro atoms. The summed E-state index contributed by atoms with van der Waals surface area (Å²) in [7, 11) is 0. The van der Waals surface area contributed by atoms with Crippen molar-refractivity contribution in [2.45, 2.75) is 19.3 Å². The molecule has 152 valence electrons. The number of fused-ring (bicyclic) bond motifs is 1. The van der Waals surface area contributed by atoms with Gasteiger partial charge in [-0.25, -0.2) is 0 Å². The van der Waals surface area contributed by atoms with Crippen molar-refractivity contribution in [2.24, 2.45) is 0 Å². The molecule has 2 heterocycles. The fourth-order valence-corrected chi connectivity index (χ4v) is 3.45. The van der Waals surface area contributed by atoms with Crippen molar-refractivity contribution >= 4 is 46.6 Å². The molecule has 30 heavy (non-hydrogen) atoms. The van der Waals surface area contributed by atoms with Gasteiger partial charge in [-0.3, -0.25) is 19.4 Å². The lowest BCUT2D eigenvalue weighted by atomic mass is 9.92. The average molecular weight is 424 g/mol. The molecule has 1 atom stereocenters. The third-order valence-corrected chi connectivity index (χ3v) is 5.24. The Bertz CT molecular complexity index is 1190. The molecule has 4 rings (SSSR count). The number of carbonyl (C=O) groups is 2. The maximum absolute atomic E-state index is 12.9. The standard InChI is InChI=1S/C21H18ClN5O3/c1-11-14(22)8-5-9-15(11)24-19(29)13-10-16(28)25-18-17(13)20(30)27-21(26-18)23-12-6-3-2-4-7-12/h2-9,13H,10H2,1H3,(H,24,29)(H3,23,25,26,27,28,30)/t13-/m0/s1. The Morgan fingerprint density at radius 3 is 2.67 bits per heavy atom. The highest BCUT2D eigenvalue weighted by Gasteiger charge is 2.35. The number of nitrogens with one attached hydrogen (secondary N) is 4. The van der Waals surface area contributed by atoms with Gasteiger partial charge in [0, 0.05) is 22.8 Å². The molecule has 0 saturated heterocycles. The topological polar surface area (TPSA) is 116 Å². The van der Waals surface area contributed by atoms with Crippen LogP contribution in [0, 0.1) is 6.92 Å². The number of amides is 2. The molecule has 0 saturated carbocycles. The van der Waals surface area contributed by atoms with Gasteiger partial charge in [0.25, 0.3) is 5.56 Å². The van der Waals surface area contributed by atoms with E-state index in [1.54, 1.807) is 25.1 Å². The number of rotatable bonds is 4. The monoisotopic (exact) mass is 423 g/mol. The Balaban J connectivity index is 1.66. The second-order valence-corrected chi connectivity index (χ2v) is 7.28. The van der Waals surface area contributed by atoms with Gasteiger partial charge in [0.1, 0.15) is 5.82 Å². The largest absolute Gasteiger partial charge is 0.326 e. The quantitative estimate of drug-likeness (QED) is 0.512. The third-order valence-electron chi connectivity index (χ3n) is 4.83. The van der Waals surface area contributed by atoms with E-state index in [2.05, 4.69) is 25.9 Å². The summed E-state index contributed by atoms with van der Waals surface area (Å²) in [5.41, 5.74) is 1.55. The number of aromatic amines is 1. The first-order valence-electron chi connectivity index (χ1n) is 9.24. The zero-order chi connectivity index (χ0) is 21.3. The van der Waals surface area contributed by atoms with Gasteiger partial charge in [0.15, 0.2) is 0 Å². The number of benzene rings is 2. The highest BCUT2D eigenvalue weighted by molar-refractivity contribution is 6.31. The molecule has 0 unspecified atom stereocenters. The lowest BCUT2D eigenvalue weighted by Crippen LogP contribution is -2.36. The zero-order valence-electron chi connectivity index (χ0n) is 16.0. The SMILES string of the molecule is Cc1c(Cl)cccc1NC(=O)[C@H]1CC(=O)Nc2nc(Nc3ccccc3)[nH]c(=O)c21. The molecular formula is C21H18ClN5O3. The maximum Gasteiger partial charge on any atom is 0.258 e. The molecule has 8 nitrogen and oxygen atoms in total. The second-order valence-electron chi connectivity index (χ2n) is 6.87. The molecule has 2 aromatic carbocycles. The number of anilines is 4. The van der Waals surface area contributed by atoms with Crippen molar-refractivity contribution in [3.05, 3.63) is 75.0 Å². The number of aromatic nitrogens is 2. The van der Waals surface area contributed by atoms with Crippen LogP contribution in [0.2, 0.25) is 5.02 Å². The first-order valence-corrected chi connectivity index (χ1v) is 9.62. The predicted octanol–water partition coefficient (Wildman–Crippen LogP) is 3.54. The van der Waals surface area contributed by atoms with Gasteiger partial charge in [-0.2, -0.15) is 4.98 Å². The molecule has 9 heteroatoms. The van der Waals surface area contributed by atoms with Gasteiger partial charge in [-0.15, -0.1) is 0 Å². The van der Waals surface area contributed by atoms with Crippen molar-refractivity contribution in [2.75, 3.05) is 16.0 Å². The smallest absolute Gasteiger partial charge is 0.258 e. The van der Waals surface area contributed by atoms with Crippen molar-refractivity contribution in [1.82, 2.24) is 9.97 Å². The number of hydrogen-bond acceptors (Lipinski definition) is 5. The van der Waals surface area contributed by atoms with Crippen molar-refractivity contribution in [1.29, 1.82) is 0 Å². The van der Waals surface area contributed by atoms with E-state index in [1.807, 2.05) is 30.3 Å². The summed E-state index contributed by atoms with van der Waals surface area (Å²) >= 11 is 6.11. The van der Waals surface area contributed by atoms with Gasteiger partial charge in [0.2, 0.25) is 17.8 Å². The molecule has 3 aromatic rings. The number of para-hydroxylation sites is 1. The molecular weight excluding hydrogens is 406 g/mol. The van der Waals surface area contributed by atoms with Crippen LogP contribution in [-0.4, -0.2) is 21.8 Å². The maximum atomic E-state index is 12.9. The summed E-state index contributed by atoms with van der Waals surface area (Å²) in [6.07, 6.45) is -0.158. The lowest BCUT2D eigenvalue weighted by Gasteiger charge is -2.24. The summed E-state index contributed by atoms with van der Waals surface area (Å²) in [5.74, 6) is -1.62. The summed E-state index contributed by atoms with van der Waals surface area (Å²) in [5, 5.41) is 8.83. The van der Waals surface area contributed by atoms with E-state index in [4.69, 9.17) is 11.6 Å². The first-order chi connectivity index (χ1) is 14.4. The minimum absolute atomic E-state index is 0.0661. The zero-order valence-corrected chi connectivity index (χ0v) is 16.7. The Morgan fingerprint density at radius 1 is 1.13 bits per heavy atom. The van der Waals surface area contributed by atoms with Crippen LogP contribution in [-0.2, 0) is 9.59 Å². The van der Waals surface area contributed by atoms with Gasteiger partial charge in [-0.1, -0.05) is 35.9 Å². The van der Waals surface area contributed by atoms with E-state index in [1.165, 1.54) is 0 Å². The van der Waals surface area contributed by atoms with Crippen LogP contribution in [0.5, 0.6) is 0 Å². The number of H-pyrrole nitrogens is 1. The van der Waals surface area contributed by atoms with Crippen LogP contribution in [0.4, 0.5) is 23.1 Å². The van der Waals surface area contributed by atoms with Crippen LogP contribution in [0.15, 0.2) is 53.3 Å². The number of nitrogens with zero attached hydrogens (tertiary/aromatic N) is 1. The molecule has 0 aliphatic carbocycles. The van der Waals surface area contributed by atoms with E-state index < -0.39 is 23.3 Å². The van der Waals surface area contributed by atoms with Crippen LogP contribution in [0.25, 0.3) is 0 Å². The molecule has 1 aliphatic rings. The molecule has 1 aromatic heterocycles. The van der Waals surface area contributed by atoms with Crippen molar-refractivity contribution in [3.8, 4) is 0 Å². The molecule has 4 N–H and O–H groups in total. The Hall–Kier alpha value is -3.65. The summed E-state index contributed by atoms with van der Waals surface area (Å²) in [4.78, 5) is 44.9. The van der Waals surface area contributed by atoms with E-state index in [0.29, 0.717) is 22.0 Å². The summed E-state index contributed by atoms with van der Waals surface area (Å²) in [6, 6.07) is 14.3. The number of carbonyl (C=O) groups excluding carboxylic acids is 2. The van der Waals surface area contributed by atoms with Gasteiger partial charge < -0.3 is 16.0 Å². The Labute approximate surface area is 176 Å². The van der Waals surface area contributed by atoms with Gasteiger partial charge in [-0.05, 0) is 36.8 Å². The van der Waals surface area contributed by atoms with E-state index in [0.717, 1.165) is 0 Å². The van der Waals surface area contributed by atoms with E-state index >= 15 is 0 Å². The van der Waals surface area contributed by atoms with Crippen LogP contribution in [0.1, 0.15) is 23.5 Å². The van der Waals surface area contributed by atoms with E-state index in [9.17, 15) is 14.4 Å². The highest BCUT2D eigenvalue weighted by atomic mass is 35.5. The predicted molar refractivity (Wildman–Crippen MR) is 115 cm³/mol. The van der Waals surface area contributed by atoms with Gasteiger partial charge >= 0.3 is 0 Å². The fraction of sp³-hybridized carbons (Fsp3) is 0.143. The van der Waals surface area contributed by atoms with Crippen molar-refractivity contribution < 1.29 is 9.59 Å². The van der Waals surface area contributed by atoms with Crippen LogP contribution < -0.4 is 21.5 Å². The molecule has 2 amide bonds.